The van der Waals surface area contributed by atoms with E-state index >= 15 is 0 Å². The Morgan fingerprint density at radius 2 is 2.05 bits per heavy atom. The summed E-state index contributed by atoms with van der Waals surface area (Å²) in [5.74, 6) is -1.62. The fourth-order valence-electron chi connectivity index (χ4n) is 1.52. The lowest BCUT2D eigenvalue weighted by Gasteiger charge is -2.06. The Bertz CT molecular complexity index is 498. The lowest BCUT2D eigenvalue weighted by atomic mass is 10.1. The van der Waals surface area contributed by atoms with Gasteiger partial charge in [0.15, 0.2) is 0 Å². The summed E-state index contributed by atoms with van der Waals surface area (Å²) < 4.78 is 0. The summed E-state index contributed by atoms with van der Waals surface area (Å²) >= 11 is 1.20. The fourth-order valence-corrected chi connectivity index (χ4v) is 2.39. The SMILES string of the molecule is CC(=O)Nc1ccc(C(=O)NCCCC(C)C(=O)O)s1. The first-order valence-corrected chi connectivity index (χ1v) is 7.10. The summed E-state index contributed by atoms with van der Waals surface area (Å²) in [5, 5.41) is 14.7. The largest absolute Gasteiger partial charge is 0.481 e. The van der Waals surface area contributed by atoms with Crippen LogP contribution in [-0.4, -0.2) is 29.4 Å². The quantitative estimate of drug-likeness (QED) is 0.670. The van der Waals surface area contributed by atoms with Crippen LogP contribution in [-0.2, 0) is 9.59 Å². The number of anilines is 1. The van der Waals surface area contributed by atoms with Gasteiger partial charge in [-0.15, -0.1) is 11.3 Å². The molecule has 0 fully saturated rings. The van der Waals surface area contributed by atoms with Gasteiger partial charge in [-0.05, 0) is 25.0 Å². The van der Waals surface area contributed by atoms with E-state index in [4.69, 9.17) is 5.11 Å². The standard InChI is InChI=1S/C13H18N2O4S/c1-8(13(18)19)4-3-7-14-12(17)10-5-6-11(20-10)15-9(2)16/h5-6,8H,3-4,7H2,1-2H3,(H,14,17)(H,15,16)(H,18,19). The Hall–Kier alpha value is -1.89. The molecule has 1 unspecified atom stereocenters. The van der Waals surface area contributed by atoms with Gasteiger partial charge in [0.2, 0.25) is 5.91 Å². The number of carbonyl (C=O) groups excluding carboxylic acids is 2. The number of thiophene rings is 1. The summed E-state index contributed by atoms with van der Waals surface area (Å²) in [4.78, 5) is 33.8. The molecule has 1 aromatic heterocycles. The second-order valence-corrected chi connectivity index (χ2v) is 5.57. The molecule has 110 valence electrons. The fraction of sp³-hybridized carbons (Fsp3) is 0.462. The van der Waals surface area contributed by atoms with Crippen LogP contribution < -0.4 is 10.6 Å². The lowest BCUT2D eigenvalue weighted by molar-refractivity contribution is -0.141. The maximum Gasteiger partial charge on any atom is 0.306 e. The van der Waals surface area contributed by atoms with Gasteiger partial charge in [-0.2, -0.15) is 0 Å². The van der Waals surface area contributed by atoms with Gasteiger partial charge in [-0.25, -0.2) is 0 Å². The molecule has 20 heavy (non-hydrogen) atoms. The van der Waals surface area contributed by atoms with Crippen molar-refractivity contribution in [2.45, 2.75) is 26.7 Å². The van der Waals surface area contributed by atoms with Gasteiger partial charge in [-0.1, -0.05) is 6.92 Å². The molecule has 7 heteroatoms. The summed E-state index contributed by atoms with van der Waals surface area (Å²) in [6, 6.07) is 3.32. The van der Waals surface area contributed by atoms with E-state index in [0.717, 1.165) is 0 Å². The minimum Gasteiger partial charge on any atom is -0.481 e. The third-order valence-corrected chi connectivity index (χ3v) is 3.65. The maximum atomic E-state index is 11.8. The zero-order valence-electron chi connectivity index (χ0n) is 11.4. The van der Waals surface area contributed by atoms with Crippen LogP contribution in [0.25, 0.3) is 0 Å². The first-order valence-electron chi connectivity index (χ1n) is 6.28. The van der Waals surface area contributed by atoms with Crippen LogP contribution in [0, 0.1) is 5.92 Å². The zero-order chi connectivity index (χ0) is 15.1. The molecule has 1 heterocycles. The number of aliphatic carboxylic acids is 1. The Kier molecular flexibility index (Phi) is 6.17. The van der Waals surface area contributed by atoms with Gasteiger partial charge in [0.25, 0.3) is 5.91 Å². The maximum absolute atomic E-state index is 11.8. The zero-order valence-corrected chi connectivity index (χ0v) is 12.3. The predicted octanol–water partition coefficient (Wildman–Crippen LogP) is 1.94. The van der Waals surface area contributed by atoms with Gasteiger partial charge < -0.3 is 15.7 Å². The molecule has 6 nitrogen and oxygen atoms in total. The molecule has 0 saturated carbocycles. The first-order chi connectivity index (χ1) is 9.40. The van der Waals surface area contributed by atoms with Crippen LogP contribution in [0.3, 0.4) is 0 Å². The van der Waals surface area contributed by atoms with Crippen LogP contribution in [0.1, 0.15) is 36.4 Å². The summed E-state index contributed by atoms with van der Waals surface area (Å²) in [6.07, 6.45) is 1.14. The monoisotopic (exact) mass is 298 g/mol. The Morgan fingerprint density at radius 3 is 2.65 bits per heavy atom. The number of nitrogens with one attached hydrogen (secondary N) is 2. The third-order valence-electron chi connectivity index (χ3n) is 2.65. The molecule has 3 N–H and O–H groups in total. The molecular weight excluding hydrogens is 280 g/mol. The Morgan fingerprint density at radius 1 is 1.35 bits per heavy atom. The van der Waals surface area contributed by atoms with E-state index in [1.54, 1.807) is 19.1 Å². The predicted molar refractivity (Wildman–Crippen MR) is 77.0 cm³/mol. The molecule has 0 aliphatic carbocycles. The molecule has 1 aromatic rings. The molecule has 1 rings (SSSR count). The number of carboxylic acid groups (broad SMARTS) is 1. The van der Waals surface area contributed by atoms with E-state index in [1.165, 1.54) is 18.3 Å². The van der Waals surface area contributed by atoms with Crippen LogP contribution in [0.2, 0.25) is 0 Å². The van der Waals surface area contributed by atoms with E-state index in [0.29, 0.717) is 29.3 Å². The van der Waals surface area contributed by atoms with Crippen molar-refractivity contribution in [3.63, 3.8) is 0 Å². The van der Waals surface area contributed by atoms with E-state index in [9.17, 15) is 14.4 Å². The van der Waals surface area contributed by atoms with E-state index in [2.05, 4.69) is 10.6 Å². The summed E-state index contributed by atoms with van der Waals surface area (Å²) in [5.41, 5.74) is 0. The smallest absolute Gasteiger partial charge is 0.306 e. The summed E-state index contributed by atoms with van der Waals surface area (Å²) in [7, 11) is 0. The van der Waals surface area contributed by atoms with Crippen molar-refractivity contribution in [3.05, 3.63) is 17.0 Å². The van der Waals surface area contributed by atoms with Crippen LogP contribution >= 0.6 is 11.3 Å². The topological polar surface area (TPSA) is 95.5 Å². The highest BCUT2D eigenvalue weighted by Crippen LogP contribution is 2.21. The number of carboxylic acids is 1. The van der Waals surface area contributed by atoms with Crippen molar-refractivity contribution in [2.24, 2.45) is 5.92 Å². The Balaban J connectivity index is 2.34. The van der Waals surface area contributed by atoms with Gasteiger partial charge in [-0.3, -0.25) is 14.4 Å². The van der Waals surface area contributed by atoms with Crippen molar-refractivity contribution in [3.8, 4) is 0 Å². The molecule has 0 radical (unpaired) electrons. The van der Waals surface area contributed by atoms with E-state index in [1.807, 2.05) is 0 Å². The number of hydrogen-bond donors (Lipinski definition) is 3. The minimum atomic E-state index is -0.825. The van der Waals surface area contributed by atoms with Crippen molar-refractivity contribution in [1.29, 1.82) is 0 Å². The average molecular weight is 298 g/mol. The highest BCUT2D eigenvalue weighted by molar-refractivity contribution is 7.18. The second kappa shape index (κ2) is 7.64. The molecule has 0 bridgehead atoms. The minimum absolute atomic E-state index is 0.179. The first kappa shape index (κ1) is 16.2. The van der Waals surface area contributed by atoms with Gasteiger partial charge in [0.05, 0.1) is 15.8 Å². The molecule has 0 aliphatic rings. The van der Waals surface area contributed by atoms with Crippen molar-refractivity contribution in [2.75, 3.05) is 11.9 Å². The van der Waals surface area contributed by atoms with Crippen LogP contribution in [0.4, 0.5) is 5.00 Å². The highest BCUT2D eigenvalue weighted by atomic mass is 32.1. The molecular formula is C13H18N2O4S. The average Bonchev–Trinajstić information content (AvgIpc) is 2.81. The van der Waals surface area contributed by atoms with Crippen molar-refractivity contribution in [1.82, 2.24) is 5.32 Å². The molecule has 0 saturated heterocycles. The molecule has 2 amide bonds. The number of amides is 2. The Labute approximate surface area is 121 Å². The number of carbonyl (C=O) groups is 3. The highest BCUT2D eigenvalue weighted by Gasteiger charge is 2.12. The third kappa shape index (κ3) is 5.40. The molecule has 1 atom stereocenters. The van der Waals surface area contributed by atoms with Crippen molar-refractivity contribution < 1.29 is 19.5 Å². The van der Waals surface area contributed by atoms with Gasteiger partial charge >= 0.3 is 5.97 Å². The van der Waals surface area contributed by atoms with Crippen LogP contribution in [0.5, 0.6) is 0 Å². The molecule has 0 aromatic carbocycles. The van der Waals surface area contributed by atoms with Crippen molar-refractivity contribution >= 4 is 34.1 Å². The number of hydrogen-bond acceptors (Lipinski definition) is 4. The van der Waals surface area contributed by atoms with Gasteiger partial charge in [0.1, 0.15) is 0 Å². The number of rotatable bonds is 7. The van der Waals surface area contributed by atoms with E-state index < -0.39 is 11.9 Å². The lowest BCUT2D eigenvalue weighted by Crippen LogP contribution is -2.24. The summed E-state index contributed by atoms with van der Waals surface area (Å²) in [6.45, 7) is 3.48. The molecule has 0 spiro atoms. The molecule has 0 aliphatic heterocycles. The van der Waals surface area contributed by atoms with Crippen LogP contribution in [0.15, 0.2) is 12.1 Å². The second-order valence-electron chi connectivity index (χ2n) is 4.48. The van der Waals surface area contributed by atoms with Gasteiger partial charge in [0, 0.05) is 13.5 Å². The normalized spacial score (nSPS) is 11.7. The van der Waals surface area contributed by atoms with E-state index in [-0.39, 0.29) is 11.8 Å².